The zero-order valence-corrected chi connectivity index (χ0v) is 19.4. The van der Waals surface area contributed by atoms with Crippen LogP contribution in [0.25, 0.3) is 0 Å². The lowest BCUT2D eigenvalue weighted by Crippen LogP contribution is -2.56. The lowest BCUT2D eigenvalue weighted by atomic mass is 9.44. The van der Waals surface area contributed by atoms with Gasteiger partial charge in [0.15, 0.2) is 5.78 Å². The van der Waals surface area contributed by atoms with E-state index in [1.807, 2.05) is 7.11 Å². The van der Waals surface area contributed by atoms with Gasteiger partial charge in [-0.05, 0) is 92.8 Å². The molecular formula is C25H43N3O2. The Morgan fingerprint density at radius 1 is 1.10 bits per heavy atom. The molecular weight excluding hydrogens is 374 g/mol. The van der Waals surface area contributed by atoms with Crippen LogP contribution in [0.3, 0.4) is 0 Å². The first kappa shape index (κ1) is 22.1. The van der Waals surface area contributed by atoms with Gasteiger partial charge < -0.3 is 15.5 Å². The third-order valence-corrected chi connectivity index (χ3v) is 9.79. The maximum atomic E-state index is 13.2. The fraction of sp³-hybridized carbons (Fsp3) is 0.880. The molecule has 4 N–H and O–H groups in total. The number of carbonyl (C=O) groups excluding carboxylic acids is 1. The van der Waals surface area contributed by atoms with Crippen molar-refractivity contribution in [2.24, 2.45) is 52.0 Å². The summed E-state index contributed by atoms with van der Waals surface area (Å²) >= 11 is 0. The van der Waals surface area contributed by atoms with Gasteiger partial charge >= 0.3 is 0 Å². The molecule has 0 spiro atoms. The Kier molecular flexibility index (Phi) is 6.24. The average molecular weight is 418 g/mol. The van der Waals surface area contributed by atoms with E-state index in [1.54, 1.807) is 13.1 Å². The van der Waals surface area contributed by atoms with Crippen molar-refractivity contribution >= 4 is 5.78 Å². The van der Waals surface area contributed by atoms with Crippen molar-refractivity contribution in [2.75, 3.05) is 20.3 Å². The zero-order chi connectivity index (χ0) is 21.5. The average Bonchev–Trinajstić information content (AvgIpc) is 3.04. The molecule has 5 nitrogen and oxygen atoms in total. The molecule has 4 rings (SSSR count). The van der Waals surface area contributed by atoms with Gasteiger partial charge in [0.05, 0.1) is 13.2 Å². The zero-order valence-electron chi connectivity index (χ0n) is 19.4. The second-order valence-electron chi connectivity index (χ2n) is 11.2. The van der Waals surface area contributed by atoms with Crippen LogP contribution in [0.15, 0.2) is 11.9 Å². The number of methoxy groups -OCH3 is 1. The highest BCUT2D eigenvalue weighted by atomic mass is 16.5. The Morgan fingerprint density at radius 2 is 1.90 bits per heavy atom. The molecule has 0 amide bonds. The monoisotopic (exact) mass is 417 g/mol. The van der Waals surface area contributed by atoms with Gasteiger partial charge in [0.2, 0.25) is 0 Å². The Bertz CT molecular complexity index is 671. The van der Waals surface area contributed by atoms with Crippen LogP contribution < -0.4 is 11.6 Å². The summed E-state index contributed by atoms with van der Waals surface area (Å²) in [6, 6.07) is 0. The summed E-state index contributed by atoms with van der Waals surface area (Å²) in [4.78, 5) is 13.2. The molecule has 0 aromatic rings. The Balaban J connectivity index is 1.53. The van der Waals surface area contributed by atoms with Crippen LogP contribution in [-0.2, 0) is 9.53 Å². The number of hydrogen-bond acceptors (Lipinski definition) is 5. The molecule has 4 aliphatic carbocycles. The van der Waals surface area contributed by atoms with Crippen molar-refractivity contribution in [3.05, 3.63) is 11.9 Å². The number of hydrogen-bond donors (Lipinski definition) is 2. The normalized spacial score (nSPS) is 43.5. The maximum Gasteiger partial charge on any atom is 0.157 e. The van der Waals surface area contributed by atoms with Gasteiger partial charge in [0.25, 0.3) is 0 Å². The molecule has 4 saturated carbocycles. The van der Waals surface area contributed by atoms with E-state index in [1.165, 1.54) is 62.8 Å². The first-order valence-electron chi connectivity index (χ1n) is 12.3. The highest BCUT2D eigenvalue weighted by molar-refractivity contribution is 5.84. The summed E-state index contributed by atoms with van der Waals surface area (Å²) in [6.45, 7) is 5.43. The smallest absolute Gasteiger partial charge is 0.157 e. The van der Waals surface area contributed by atoms with Crippen molar-refractivity contribution in [3.8, 4) is 0 Å². The molecule has 7 unspecified atom stereocenters. The number of rotatable bonds is 6. The first-order chi connectivity index (χ1) is 14.3. The van der Waals surface area contributed by atoms with Crippen LogP contribution >= 0.6 is 0 Å². The minimum Gasteiger partial charge on any atom is -0.401 e. The molecule has 0 aromatic carbocycles. The molecule has 170 valence electrons. The van der Waals surface area contributed by atoms with Crippen LogP contribution in [0.1, 0.15) is 78.1 Å². The fourth-order valence-electron chi connectivity index (χ4n) is 8.75. The summed E-state index contributed by atoms with van der Waals surface area (Å²) in [5.74, 6) is 9.56. The standard InChI is InChI=1S/C25H43N3O2/c1-17(26)14-28(27)15-23(29)22-10-9-20-19-8-7-18-6-4-5-12-25(18,16-30-3)21(19)11-13-24(20,22)2/h14,18-22H,4-13,15-16,26-27H2,1-3H3/b17-14-. The number of allylic oxidation sites excluding steroid dienone is 1. The summed E-state index contributed by atoms with van der Waals surface area (Å²) in [6.07, 6.45) is 14.6. The lowest BCUT2D eigenvalue weighted by molar-refractivity contribution is -0.150. The largest absolute Gasteiger partial charge is 0.401 e. The van der Waals surface area contributed by atoms with Gasteiger partial charge in [0.1, 0.15) is 0 Å². The number of hydrazine groups is 1. The highest BCUT2D eigenvalue weighted by Gasteiger charge is 2.61. The number of fused-ring (bicyclic) bond motifs is 5. The van der Waals surface area contributed by atoms with Crippen LogP contribution in [0.4, 0.5) is 0 Å². The van der Waals surface area contributed by atoms with Crippen molar-refractivity contribution in [2.45, 2.75) is 78.1 Å². The molecule has 0 saturated heterocycles. The van der Waals surface area contributed by atoms with Crippen LogP contribution in [0.2, 0.25) is 0 Å². The van der Waals surface area contributed by atoms with E-state index in [0.29, 0.717) is 22.8 Å². The summed E-state index contributed by atoms with van der Waals surface area (Å²) in [5.41, 5.74) is 6.90. The van der Waals surface area contributed by atoms with Crippen LogP contribution in [-0.4, -0.2) is 31.1 Å². The number of ether oxygens (including phenoxy) is 1. The predicted molar refractivity (Wildman–Crippen MR) is 120 cm³/mol. The third kappa shape index (κ3) is 3.60. The van der Waals surface area contributed by atoms with Gasteiger partial charge in [-0.25, -0.2) is 5.84 Å². The Labute approximate surface area is 182 Å². The summed E-state index contributed by atoms with van der Waals surface area (Å²) in [5, 5.41) is 1.47. The van der Waals surface area contributed by atoms with E-state index < -0.39 is 0 Å². The maximum absolute atomic E-state index is 13.2. The van der Waals surface area contributed by atoms with E-state index in [4.69, 9.17) is 16.3 Å². The first-order valence-corrected chi connectivity index (χ1v) is 12.3. The van der Waals surface area contributed by atoms with Gasteiger partial charge in [-0.2, -0.15) is 0 Å². The fourth-order valence-corrected chi connectivity index (χ4v) is 8.75. The van der Waals surface area contributed by atoms with Crippen molar-refractivity contribution < 1.29 is 9.53 Å². The highest BCUT2D eigenvalue weighted by Crippen LogP contribution is 2.67. The summed E-state index contributed by atoms with van der Waals surface area (Å²) in [7, 11) is 1.90. The predicted octanol–water partition coefficient (Wildman–Crippen LogP) is 4.23. The van der Waals surface area contributed by atoms with Crippen molar-refractivity contribution in [3.63, 3.8) is 0 Å². The van der Waals surface area contributed by atoms with E-state index in [-0.39, 0.29) is 17.9 Å². The van der Waals surface area contributed by atoms with E-state index in [0.717, 1.165) is 30.8 Å². The number of nitrogens with zero attached hydrogens (tertiary/aromatic N) is 1. The topological polar surface area (TPSA) is 81.6 Å². The Morgan fingerprint density at radius 3 is 2.63 bits per heavy atom. The minimum absolute atomic E-state index is 0.135. The molecule has 4 fully saturated rings. The van der Waals surface area contributed by atoms with Gasteiger partial charge in [-0.3, -0.25) is 4.79 Å². The molecule has 4 aliphatic rings. The molecule has 5 heteroatoms. The minimum atomic E-state index is 0.135. The SMILES string of the molecule is COCC12CCCCC1CCC1C3CCC(C(=O)CN(N)/C=C(/C)N)C3(C)CCC12. The second kappa shape index (κ2) is 8.46. The molecule has 7 atom stereocenters. The van der Waals surface area contributed by atoms with E-state index in [2.05, 4.69) is 6.92 Å². The van der Waals surface area contributed by atoms with Crippen LogP contribution in [0, 0.1) is 40.4 Å². The molecule has 30 heavy (non-hydrogen) atoms. The number of ketones is 1. The molecule has 0 aliphatic heterocycles. The Hall–Kier alpha value is -1.07. The van der Waals surface area contributed by atoms with Crippen molar-refractivity contribution in [1.29, 1.82) is 0 Å². The van der Waals surface area contributed by atoms with Gasteiger partial charge in [0, 0.05) is 24.9 Å². The van der Waals surface area contributed by atoms with Crippen molar-refractivity contribution in [1.82, 2.24) is 5.01 Å². The molecule has 0 aromatic heterocycles. The second-order valence-corrected chi connectivity index (χ2v) is 11.2. The third-order valence-electron chi connectivity index (χ3n) is 9.79. The van der Waals surface area contributed by atoms with Gasteiger partial charge in [-0.1, -0.05) is 19.8 Å². The van der Waals surface area contributed by atoms with E-state index >= 15 is 0 Å². The molecule has 0 radical (unpaired) electrons. The number of nitrogens with two attached hydrogens (primary N) is 2. The number of Topliss-reactive ketones (excluding diaryl/α,β-unsaturated/α-hetero) is 1. The molecule has 0 bridgehead atoms. The van der Waals surface area contributed by atoms with E-state index in [9.17, 15) is 4.79 Å². The number of carbonyl (C=O) groups is 1. The van der Waals surface area contributed by atoms with Gasteiger partial charge in [-0.15, -0.1) is 0 Å². The lowest BCUT2D eigenvalue weighted by Gasteiger charge is -2.61. The quantitative estimate of drug-likeness (QED) is 0.499. The van der Waals surface area contributed by atoms with Crippen LogP contribution in [0.5, 0.6) is 0 Å². The molecule has 0 heterocycles. The summed E-state index contributed by atoms with van der Waals surface area (Å²) < 4.78 is 5.87.